The minimum atomic E-state index is -0.330. The molecule has 2 aromatic carbocycles. The highest BCUT2D eigenvalue weighted by atomic mass is 79.9. The number of hydrogen-bond acceptors (Lipinski definition) is 4. The van der Waals surface area contributed by atoms with Crippen molar-refractivity contribution in [2.75, 3.05) is 5.32 Å². The summed E-state index contributed by atoms with van der Waals surface area (Å²) >= 11 is 3.64. The van der Waals surface area contributed by atoms with Crippen LogP contribution in [0.2, 0.25) is 0 Å². The van der Waals surface area contributed by atoms with E-state index in [0.29, 0.717) is 11.4 Å². The Morgan fingerprint density at radius 3 is 2.39 bits per heavy atom. The maximum Gasteiger partial charge on any atom is 0.310 e. The zero-order chi connectivity index (χ0) is 19.4. The van der Waals surface area contributed by atoms with Gasteiger partial charge in [-0.25, -0.2) is 0 Å². The maximum atomic E-state index is 12.9. The lowest BCUT2D eigenvalue weighted by atomic mass is 9.79. The van der Waals surface area contributed by atoms with E-state index in [1.807, 2.05) is 55.5 Å². The molecule has 144 valence electrons. The van der Waals surface area contributed by atoms with Gasteiger partial charge in [-0.2, -0.15) is 0 Å². The number of halogens is 1. The van der Waals surface area contributed by atoms with Crippen LogP contribution in [0.5, 0.6) is 11.5 Å². The molecule has 1 aliphatic heterocycles. The Kier molecular flexibility index (Phi) is 4.19. The number of ether oxygens (including phenoxy) is 2. The summed E-state index contributed by atoms with van der Waals surface area (Å²) in [6.45, 7) is 2.03. The number of esters is 1. The smallest absolute Gasteiger partial charge is 0.310 e. The van der Waals surface area contributed by atoms with Crippen molar-refractivity contribution in [3.8, 4) is 11.5 Å². The first-order chi connectivity index (χ1) is 13.5. The Morgan fingerprint density at radius 1 is 1.07 bits per heavy atom. The van der Waals surface area contributed by atoms with Crippen LogP contribution in [0.3, 0.4) is 0 Å². The van der Waals surface area contributed by atoms with Gasteiger partial charge in [-0.3, -0.25) is 9.59 Å². The maximum absolute atomic E-state index is 12.9. The van der Waals surface area contributed by atoms with E-state index in [0.717, 1.165) is 12.2 Å². The van der Waals surface area contributed by atoms with Crippen molar-refractivity contribution in [2.45, 2.75) is 24.3 Å². The minimum Gasteiger partial charge on any atom is -0.461 e. The Morgan fingerprint density at radius 2 is 1.71 bits per heavy atom. The first-order valence-corrected chi connectivity index (χ1v) is 10.4. The second-order valence-electron chi connectivity index (χ2n) is 7.89. The summed E-state index contributed by atoms with van der Waals surface area (Å²) in [6, 6.07) is 15.1. The number of amides is 1. The van der Waals surface area contributed by atoms with Gasteiger partial charge in [0, 0.05) is 11.6 Å². The highest BCUT2D eigenvalue weighted by Crippen LogP contribution is 2.60. The van der Waals surface area contributed by atoms with E-state index < -0.39 is 0 Å². The summed E-state index contributed by atoms with van der Waals surface area (Å²) in [7, 11) is 0. The normalized spacial score (nSPS) is 32.3. The van der Waals surface area contributed by atoms with Gasteiger partial charge in [0.2, 0.25) is 5.91 Å². The summed E-state index contributed by atoms with van der Waals surface area (Å²) in [5.41, 5.74) is 1.87. The van der Waals surface area contributed by atoms with Gasteiger partial charge in [0.15, 0.2) is 0 Å². The molecule has 28 heavy (non-hydrogen) atoms. The predicted molar refractivity (Wildman–Crippen MR) is 107 cm³/mol. The molecule has 2 bridgehead atoms. The quantitative estimate of drug-likeness (QED) is 0.567. The van der Waals surface area contributed by atoms with Crippen molar-refractivity contribution >= 4 is 33.5 Å². The predicted octanol–water partition coefficient (Wildman–Crippen LogP) is 4.30. The number of rotatable bonds is 4. The first-order valence-electron chi connectivity index (χ1n) is 9.51. The zero-order valence-corrected chi connectivity index (χ0v) is 16.9. The van der Waals surface area contributed by atoms with Crippen molar-refractivity contribution in [3.63, 3.8) is 0 Å². The Bertz CT molecular complexity index is 927. The molecule has 0 aromatic heterocycles. The average molecular weight is 442 g/mol. The van der Waals surface area contributed by atoms with E-state index in [1.54, 1.807) is 0 Å². The van der Waals surface area contributed by atoms with Crippen LogP contribution in [0.1, 0.15) is 12.0 Å². The molecule has 0 spiro atoms. The molecule has 3 fully saturated rings. The standard InChI is InChI=1S/C22H20BrNO4/c1-11-2-6-13(7-3-11)27-14-8-4-12(5-9-14)24-21(25)17-15-10-16-18(17)22(26)28-20(16)19(15)23/h2-9,15-20H,10H2,1H3,(H,24,25)/t15-,16+,17-,18-,19+,20-/m0/s1. The molecule has 3 aliphatic rings. The monoisotopic (exact) mass is 441 g/mol. The number of anilines is 1. The van der Waals surface area contributed by atoms with E-state index in [4.69, 9.17) is 9.47 Å². The number of aryl methyl sites for hydroxylation is 1. The van der Waals surface area contributed by atoms with E-state index in [2.05, 4.69) is 21.2 Å². The Hall–Kier alpha value is -2.34. The highest BCUT2D eigenvalue weighted by Gasteiger charge is 2.67. The summed E-state index contributed by atoms with van der Waals surface area (Å²) < 4.78 is 11.3. The lowest BCUT2D eigenvalue weighted by Gasteiger charge is -2.27. The molecule has 1 N–H and O–H groups in total. The Balaban J connectivity index is 1.27. The zero-order valence-electron chi connectivity index (χ0n) is 15.3. The summed E-state index contributed by atoms with van der Waals surface area (Å²) in [4.78, 5) is 25.2. The molecule has 0 radical (unpaired) electrons. The average Bonchev–Trinajstić information content (AvgIpc) is 3.29. The molecule has 2 aliphatic carbocycles. The van der Waals surface area contributed by atoms with E-state index in [9.17, 15) is 9.59 Å². The molecule has 2 aromatic rings. The molecular weight excluding hydrogens is 422 g/mol. The fraction of sp³-hybridized carbons (Fsp3) is 0.364. The van der Waals surface area contributed by atoms with Gasteiger partial charge in [-0.1, -0.05) is 33.6 Å². The van der Waals surface area contributed by atoms with Crippen molar-refractivity contribution in [1.82, 2.24) is 0 Å². The van der Waals surface area contributed by atoms with Crippen LogP contribution in [-0.4, -0.2) is 22.8 Å². The van der Waals surface area contributed by atoms with E-state index in [-0.39, 0.29) is 46.5 Å². The minimum absolute atomic E-state index is 0.0650. The van der Waals surface area contributed by atoms with E-state index in [1.165, 1.54) is 5.56 Å². The van der Waals surface area contributed by atoms with Crippen LogP contribution in [0.25, 0.3) is 0 Å². The van der Waals surface area contributed by atoms with Gasteiger partial charge >= 0.3 is 5.97 Å². The summed E-state index contributed by atoms with van der Waals surface area (Å²) in [5.74, 6) is 0.829. The van der Waals surface area contributed by atoms with Crippen LogP contribution < -0.4 is 10.1 Å². The largest absolute Gasteiger partial charge is 0.461 e. The molecule has 1 heterocycles. The Labute approximate surface area is 171 Å². The summed E-state index contributed by atoms with van der Waals surface area (Å²) in [5, 5.41) is 2.97. The van der Waals surface area contributed by atoms with Gasteiger partial charge in [0.1, 0.15) is 17.6 Å². The number of hydrogen-bond donors (Lipinski definition) is 1. The SMILES string of the molecule is Cc1ccc(Oc2ccc(NC(=O)[C@H]3[C@@H]4C[C@H]5[C@H](OC(=O)[C@@H]53)[C@@H]4Br)cc2)cc1. The van der Waals surface area contributed by atoms with Gasteiger partial charge < -0.3 is 14.8 Å². The van der Waals surface area contributed by atoms with Crippen LogP contribution in [0, 0.1) is 30.6 Å². The van der Waals surface area contributed by atoms with Crippen molar-refractivity contribution in [1.29, 1.82) is 0 Å². The molecule has 1 amide bonds. The first kappa shape index (κ1) is 17.7. The second-order valence-corrected chi connectivity index (χ2v) is 8.95. The molecule has 5 rings (SSSR count). The lowest BCUT2D eigenvalue weighted by molar-refractivity contribution is -0.145. The van der Waals surface area contributed by atoms with Crippen molar-refractivity contribution in [3.05, 3.63) is 54.1 Å². The lowest BCUT2D eigenvalue weighted by Crippen LogP contribution is -2.40. The molecule has 1 saturated heterocycles. The topological polar surface area (TPSA) is 64.6 Å². The number of carbonyl (C=O) groups excluding carboxylic acids is 2. The molecular formula is C22H20BrNO4. The van der Waals surface area contributed by atoms with Crippen LogP contribution >= 0.6 is 15.9 Å². The molecule has 6 atom stereocenters. The fourth-order valence-corrected chi connectivity index (χ4v) is 5.95. The van der Waals surface area contributed by atoms with Gasteiger partial charge in [-0.15, -0.1) is 0 Å². The number of carbonyl (C=O) groups is 2. The third-order valence-corrected chi connectivity index (χ3v) is 7.40. The van der Waals surface area contributed by atoms with Crippen molar-refractivity contribution in [2.24, 2.45) is 23.7 Å². The van der Waals surface area contributed by atoms with Gasteiger partial charge in [0.25, 0.3) is 0 Å². The fourth-order valence-electron chi connectivity index (χ4n) is 4.90. The molecule has 0 unspecified atom stereocenters. The highest BCUT2D eigenvalue weighted by molar-refractivity contribution is 9.09. The third-order valence-electron chi connectivity index (χ3n) is 6.20. The summed E-state index contributed by atoms with van der Waals surface area (Å²) in [6.07, 6.45) is 0.808. The van der Waals surface area contributed by atoms with Crippen LogP contribution in [0.4, 0.5) is 5.69 Å². The van der Waals surface area contributed by atoms with Crippen LogP contribution in [0.15, 0.2) is 48.5 Å². The number of benzene rings is 2. The second kappa shape index (κ2) is 6.62. The van der Waals surface area contributed by atoms with Crippen molar-refractivity contribution < 1.29 is 19.1 Å². The molecule has 5 nitrogen and oxygen atoms in total. The van der Waals surface area contributed by atoms with E-state index >= 15 is 0 Å². The number of nitrogens with one attached hydrogen (secondary N) is 1. The molecule has 2 saturated carbocycles. The third kappa shape index (κ3) is 2.82. The molecule has 6 heteroatoms. The van der Waals surface area contributed by atoms with Gasteiger partial charge in [-0.05, 0) is 55.7 Å². The number of alkyl halides is 1. The van der Waals surface area contributed by atoms with Crippen LogP contribution in [-0.2, 0) is 14.3 Å². The van der Waals surface area contributed by atoms with Gasteiger partial charge in [0.05, 0.1) is 16.7 Å². The number of fused-ring (bicyclic) bond motifs is 1.